The Labute approximate surface area is 124 Å². The number of nitrogen functional groups attached to an aromatic ring is 1. The van der Waals surface area contributed by atoms with Crippen LogP contribution in [0.4, 0.5) is 5.69 Å². The molecule has 0 amide bonds. The van der Waals surface area contributed by atoms with Crippen molar-refractivity contribution < 1.29 is 9.47 Å². The third kappa shape index (κ3) is 4.51. The van der Waals surface area contributed by atoms with Crippen molar-refractivity contribution in [2.24, 2.45) is 0 Å². The van der Waals surface area contributed by atoms with Gasteiger partial charge in [-0.05, 0) is 47.5 Å². The molecule has 0 aliphatic carbocycles. The Morgan fingerprint density at radius 3 is 2.81 bits per heavy atom. The molecule has 21 heavy (non-hydrogen) atoms. The van der Waals surface area contributed by atoms with E-state index in [9.17, 15) is 0 Å². The summed E-state index contributed by atoms with van der Waals surface area (Å²) in [6.07, 6.45) is 0.836. The fraction of sp³-hybridized carbons (Fsp3) is 0.500. The van der Waals surface area contributed by atoms with Gasteiger partial charge in [0, 0.05) is 31.5 Å². The number of ether oxygens (including phenoxy) is 2. The number of nitrogens with zero attached hydrogens (tertiary/aromatic N) is 4. The molecule has 2 rings (SSSR count). The van der Waals surface area contributed by atoms with Crippen LogP contribution in [0.2, 0.25) is 0 Å². The summed E-state index contributed by atoms with van der Waals surface area (Å²) < 4.78 is 12.1. The predicted octanol–water partition coefficient (Wildman–Crippen LogP) is 1.28. The first-order valence-electron chi connectivity index (χ1n) is 6.91. The molecule has 0 saturated heterocycles. The highest BCUT2D eigenvalue weighted by Gasteiger charge is 2.09. The van der Waals surface area contributed by atoms with Gasteiger partial charge in [0.2, 0.25) is 0 Å². The van der Waals surface area contributed by atoms with Crippen molar-refractivity contribution in [2.45, 2.75) is 19.9 Å². The van der Waals surface area contributed by atoms with E-state index in [0.29, 0.717) is 32.1 Å². The van der Waals surface area contributed by atoms with E-state index < -0.39 is 0 Å². The van der Waals surface area contributed by atoms with Gasteiger partial charge in [-0.2, -0.15) is 0 Å². The number of hydrogen-bond donors (Lipinski definition) is 1. The number of hydrogen-bond acceptors (Lipinski definition) is 6. The molecule has 0 atom stereocenters. The molecule has 1 aromatic heterocycles. The first-order valence-corrected chi connectivity index (χ1v) is 6.91. The molecule has 2 N–H and O–H groups in total. The molecule has 0 saturated carbocycles. The molecule has 0 spiro atoms. The molecule has 1 heterocycles. The lowest BCUT2D eigenvalue weighted by molar-refractivity contribution is 0.0677. The molecule has 0 fully saturated rings. The molecule has 0 bridgehead atoms. The normalized spacial score (nSPS) is 11.0. The van der Waals surface area contributed by atoms with Crippen molar-refractivity contribution in [1.82, 2.24) is 20.2 Å². The Bertz CT molecular complexity index is 550. The highest BCUT2D eigenvalue weighted by molar-refractivity contribution is 5.62. The van der Waals surface area contributed by atoms with Crippen LogP contribution < -0.4 is 5.73 Å². The number of methoxy groups -OCH3 is 1. The van der Waals surface area contributed by atoms with Crippen LogP contribution in [-0.2, 0) is 16.0 Å². The van der Waals surface area contributed by atoms with Crippen molar-refractivity contribution >= 4 is 5.69 Å². The van der Waals surface area contributed by atoms with Crippen molar-refractivity contribution in [2.75, 3.05) is 32.7 Å². The second-order valence-corrected chi connectivity index (χ2v) is 4.82. The maximum absolute atomic E-state index is 5.87. The summed E-state index contributed by atoms with van der Waals surface area (Å²) in [5.74, 6) is 0.724. The van der Waals surface area contributed by atoms with Gasteiger partial charge in [-0.1, -0.05) is 0 Å². The summed E-state index contributed by atoms with van der Waals surface area (Å²) in [4.78, 5) is 0. The summed E-state index contributed by atoms with van der Waals surface area (Å²) >= 11 is 0. The van der Waals surface area contributed by atoms with Gasteiger partial charge in [-0.25, -0.2) is 4.68 Å². The van der Waals surface area contributed by atoms with Crippen LogP contribution >= 0.6 is 0 Å². The van der Waals surface area contributed by atoms with Gasteiger partial charge in [0.1, 0.15) is 0 Å². The van der Waals surface area contributed by atoms with Gasteiger partial charge in [0.15, 0.2) is 5.82 Å². The minimum absolute atomic E-state index is 0.605. The fourth-order valence-corrected chi connectivity index (χ4v) is 2.06. The fourth-order valence-electron chi connectivity index (χ4n) is 2.06. The molecule has 0 unspecified atom stereocenters. The molecule has 0 aliphatic heterocycles. The van der Waals surface area contributed by atoms with E-state index >= 15 is 0 Å². The number of benzene rings is 1. The first kappa shape index (κ1) is 15.4. The predicted molar refractivity (Wildman–Crippen MR) is 79.7 cm³/mol. The number of tetrazole rings is 1. The van der Waals surface area contributed by atoms with Crippen LogP contribution in [0.25, 0.3) is 11.4 Å². The molecule has 0 aliphatic rings. The molecular formula is C14H21N5O2. The van der Waals surface area contributed by atoms with Crippen molar-refractivity contribution in [3.05, 3.63) is 23.8 Å². The molecule has 0 radical (unpaired) electrons. The number of anilines is 1. The smallest absolute Gasteiger partial charge is 0.182 e. The number of nitrogens with two attached hydrogens (primary N) is 1. The van der Waals surface area contributed by atoms with E-state index in [2.05, 4.69) is 15.5 Å². The highest BCUT2D eigenvalue weighted by atomic mass is 16.5. The van der Waals surface area contributed by atoms with Gasteiger partial charge in [-0.3, -0.25) is 0 Å². The topological polar surface area (TPSA) is 88.1 Å². The maximum Gasteiger partial charge on any atom is 0.182 e. The third-order valence-electron chi connectivity index (χ3n) is 2.98. The zero-order valence-corrected chi connectivity index (χ0v) is 12.5. The van der Waals surface area contributed by atoms with Crippen LogP contribution in [0, 0.1) is 6.92 Å². The standard InChI is InChI=1S/C14H21N5O2/c1-11-8-12(10-13(15)9-11)14-16-17-18-19(14)4-3-5-21-7-6-20-2/h8-10H,3-7,15H2,1-2H3. The van der Waals surface area contributed by atoms with Crippen LogP contribution in [0.5, 0.6) is 0 Å². The van der Waals surface area contributed by atoms with E-state index in [1.54, 1.807) is 11.8 Å². The highest BCUT2D eigenvalue weighted by Crippen LogP contribution is 2.20. The second kappa shape index (κ2) is 7.70. The van der Waals surface area contributed by atoms with E-state index in [-0.39, 0.29) is 0 Å². The molecule has 7 heteroatoms. The third-order valence-corrected chi connectivity index (χ3v) is 2.98. The van der Waals surface area contributed by atoms with Crippen molar-refractivity contribution in [3.8, 4) is 11.4 Å². The molecular weight excluding hydrogens is 270 g/mol. The zero-order valence-electron chi connectivity index (χ0n) is 12.5. The lowest BCUT2D eigenvalue weighted by Gasteiger charge is -2.07. The summed E-state index contributed by atoms with van der Waals surface area (Å²) in [7, 11) is 1.66. The summed E-state index contributed by atoms with van der Waals surface area (Å²) in [6.45, 7) is 4.56. The Balaban J connectivity index is 1.95. The molecule has 1 aromatic carbocycles. The number of aromatic nitrogens is 4. The maximum atomic E-state index is 5.87. The molecule has 2 aromatic rings. The Morgan fingerprint density at radius 2 is 2.05 bits per heavy atom. The van der Waals surface area contributed by atoms with E-state index in [1.807, 2.05) is 25.1 Å². The lowest BCUT2D eigenvalue weighted by Crippen LogP contribution is -2.08. The van der Waals surface area contributed by atoms with Gasteiger partial charge in [0.05, 0.1) is 13.2 Å². The Morgan fingerprint density at radius 1 is 1.19 bits per heavy atom. The number of aryl methyl sites for hydroxylation is 2. The van der Waals surface area contributed by atoms with Gasteiger partial charge in [0.25, 0.3) is 0 Å². The minimum Gasteiger partial charge on any atom is -0.399 e. The van der Waals surface area contributed by atoms with E-state index in [1.165, 1.54) is 0 Å². The monoisotopic (exact) mass is 291 g/mol. The Hall–Kier alpha value is -1.99. The summed E-state index contributed by atoms with van der Waals surface area (Å²) in [6, 6.07) is 5.82. The molecule has 114 valence electrons. The second-order valence-electron chi connectivity index (χ2n) is 4.82. The summed E-state index contributed by atoms with van der Waals surface area (Å²) in [5, 5.41) is 11.9. The van der Waals surface area contributed by atoms with Crippen molar-refractivity contribution in [1.29, 1.82) is 0 Å². The van der Waals surface area contributed by atoms with E-state index in [0.717, 1.165) is 23.4 Å². The Kier molecular flexibility index (Phi) is 5.65. The van der Waals surface area contributed by atoms with Gasteiger partial charge < -0.3 is 15.2 Å². The number of rotatable bonds is 8. The van der Waals surface area contributed by atoms with Crippen molar-refractivity contribution in [3.63, 3.8) is 0 Å². The zero-order chi connectivity index (χ0) is 15.1. The minimum atomic E-state index is 0.605. The largest absolute Gasteiger partial charge is 0.399 e. The van der Waals surface area contributed by atoms with Crippen LogP contribution in [-0.4, -0.2) is 47.1 Å². The molecule has 7 nitrogen and oxygen atoms in total. The average Bonchev–Trinajstić information content (AvgIpc) is 2.90. The summed E-state index contributed by atoms with van der Waals surface area (Å²) in [5.41, 5.74) is 8.60. The van der Waals surface area contributed by atoms with Gasteiger partial charge in [-0.15, -0.1) is 5.10 Å². The van der Waals surface area contributed by atoms with E-state index in [4.69, 9.17) is 15.2 Å². The van der Waals surface area contributed by atoms with Crippen LogP contribution in [0.3, 0.4) is 0 Å². The van der Waals surface area contributed by atoms with Gasteiger partial charge >= 0.3 is 0 Å². The SMILES string of the molecule is COCCOCCCn1nnnc1-c1cc(C)cc(N)c1. The average molecular weight is 291 g/mol. The first-order chi connectivity index (χ1) is 10.2. The van der Waals surface area contributed by atoms with Crippen LogP contribution in [0.15, 0.2) is 18.2 Å². The lowest BCUT2D eigenvalue weighted by atomic mass is 10.1. The quantitative estimate of drug-likeness (QED) is 0.582. The van der Waals surface area contributed by atoms with Crippen LogP contribution in [0.1, 0.15) is 12.0 Å².